The largest absolute Gasteiger partial charge is 0.382 e. The zero-order chi connectivity index (χ0) is 11.1. The number of nitrogens with zero attached hydrogens (tertiary/aromatic N) is 1. The Bertz CT molecular complexity index is 653. The molecule has 0 spiro atoms. The molecule has 16 heavy (non-hydrogen) atoms. The Labute approximate surface area is 90.3 Å². The number of nitrogens with two attached hydrogens (primary N) is 1. The number of nitrogen functional groups attached to an aromatic ring is 1. The number of hydrogen-bond acceptors (Lipinski definition) is 2. The third-order valence-electron chi connectivity index (χ3n) is 2.53. The molecule has 0 unspecified atom stereocenters. The summed E-state index contributed by atoms with van der Waals surface area (Å²) in [5.74, 6) is 0.177. The first kappa shape index (κ1) is 8.96. The Hall–Kier alpha value is -2.30. The van der Waals surface area contributed by atoms with Gasteiger partial charge in [0, 0.05) is 28.7 Å². The van der Waals surface area contributed by atoms with Crippen LogP contribution < -0.4 is 5.73 Å². The van der Waals surface area contributed by atoms with Crippen molar-refractivity contribution >= 4 is 16.7 Å². The molecule has 4 N–H and O–H groups in total. The van der Waals surface area contributed by atoms with Crippen LogP contribution in [0.25, 0.3) is 22.2 Å². The summed E-state index contributed by atoms with van der Waals surface area (Å²) >= 11 is 0. The van der Waals surface area contributed by atoms with E-state index in [2.05, 4.69) is 15.2 Å². The molecule has 3 aromatic rings. The van der Waals surface area contributed by atoms with Crippen LogP contribution in [0.3, 0.4) is 0 Å². The number of nitrogens with one attached hydrogen (secondary N) is 2. The maximum Gasteiger partial charge on any atom is 0.145 e. The van der Waals surface area contributed by atoms with E-state index in [9.17, 15) is 4.39 Å². The molecule has 0 fully saturated rings. The summed E-state index contributed by atoms with van der Waals surface area (Å²) < 4.78 is 13.0. The summed E-state index contributed by atoms with van der Waals surface area (Å²) in [5.41, 5.74) is 8.04. The lowest BCUT2D eigenvalue weighted by molar-refractivity contribution is 0.629. The van der Waals surface area contributed by atoms with Gasteiger partial charge in [-0.15, -0.1) is 0 Å². The van der Waals surface area contributed by atoms with E-state index in [0.717, 1.165) is 22.2 Å². The SMILES string of the molecule is Nc1cc(-c2c[nH]c3cc(F)ccc23)[nH]n1. The number of rotatable bonds is 1. The third kappa shape index (κ3) is 1.25. The van der Waals surface area contributed by atoms with Crippen LogP contribution >= 0.6 is 0 Å². The Kier molecular flexibility index (Phi) is 1.73. The molecule has 0 saturated carbocycles. The van der Waals surface area contributed by atoms with Gasteiger partial charge in [-0.3, -0.25) is 5.10 Å². The topological polar surface area (TPSA) is 70.5 Å². The van der Waals surface area contributed by atoms with E-state index in [-0.39, 0.29) is 5.82 Å². The Balaban J connectivity index is 2.25. The lowest BCUT2D eigenvalue weighted by atomic mass is 10.1. The number of benzene rings is 1. The summed E-state index contributed by atoms with van der Waals surface area (Å²) in [6.07, 6.45) is 1.80. The molecule has 0 aliphatic heterocycles. The van der Waals surface area contributed by atoms with Gasteiger partial charge in [0.2, 0.25) is 0 Å². The molecule has 5 heteroatoms. The van der Waals surface area contributed by atoms with Gasteiger partial charge in [0.05, 0.1) is 5.69 Å². The average molecular weight is 216 g/mol. The molecule has 3 rings (SSSR count). The predicted octanol–water partition coefficient (Wildman–Crippen LogP) is 2.28. The molecule has 0 saturated heterocycles. The van der Waals surface area contributed by atoms with E-state index in [4.69, 9.17) is 5.73 Å². The van der Waals surface area contributed by atoms with Gasteiger partial charge in [0.25, 0.3) is 0 Å². The minimum Gasteiger partial charge on any atom is -0.382 e. The highest BCUT2D eigenvalue weighted by molar-refractivity contribution is 5.94. The van der Waals surface area contributed by atoms with Crippen molar-refractivity contribution < 1.29 is 4.39 Å². The van der Waals surface area contributed by atoms with Crippen LogP contribution in [-0.4, -0.2) is 15.2 Å². The normalized spacial score (nSPS) is 11.1. The quantitative estimate of drug-likeness (QED) is 0.584. The van der Waals surface area contributed by atoms with Crippen molar-refractivity contribution in [3.63, 3.8) is 0 Å². The fourth-order valence-electron chi connectivity index (χ4n) is 1.80. The van der Waals surface area contributed by atoms with Crippen molar-refractivity contribution in [2.75, 3.05) is 5.73 Å². The van der Waals surface area contributed by atoms with Crippen LogP contribution in [0.15, 0.2) is 30.5 Å². The van der Waals surface area contributed by atoms with Crippen LogP contribution in [0.1, 0.15) is 0 Å². The zero-order valence-electron chi connectivity index (χ0n) is 8.29. The Morgan fingerprint density at radius 3 is 2.88 bits per heavy atom. The summed E-state index contributed by atoms with van der Waals surface area (Å²) in [4.78, 5) is 3.01. The molecule has 0 radical (unpaired) electrons. The summed E-state index contributed by atoms with van der Waals surface area (Å²) in [6.45, 7) is 0. The van der Waals surface area contributed by atoms with Crippen LogP contribution in [0.4, 0.5) is 10.2 Å². The van der Waals surface area contributed by atoms with Crippen LogP contribution in [0, 0.1) is 5.82 Å². The predicted molar refractivity (Wildman–Crippen MR) is 60.3 cm³/mol. The van der Waals surface area contributed by atoms with Gasteiger partial charge in [-0.1, -0.05) is 0 Å². The number of hydrogen-bond donors (Lipinski definition) is 3. The van der Waals surface area contributed by atoms with Crippen LogP contribution in [0.5, 0.6) is 0 Å². The van der Waals surface area contributed by atoms with Crippen LogP contribution in [0.2, 0.25) is 0 Å². The van der Waals surface area contributed by atoms with E-state index < -0.39 is 0 Å². The molecule has 0 bridgehead atoms. The average Bonchev–Trinajstić information content (AvgIpc) is 2.83. The van der Waals surface area contributed by atoms with E-state index in [0.29, 0.717) is 5.82 Å². The van der Waals surface area contributed by atoms with Gasteiger partial charge in [-0.2, -0.15) is 5.10 Å². The number of aromatic nitrogens is 3. The Morgan fingerprint density at radius 1 is 1.25 bits per heavy atom. The molecule has 0 amide bonds. The lowest BCUT2D eigenvalue weighted by Gasteiger charge is -1.94. The van der Waals surface area contributed by atoms with Gasteiger partial charge >= 0.3 is 0 Å². The number of aromatic amines is 2. The van der Waals surface area contributed by atoms with Crippen molar-refractivity contribution in [1.29, 1.82) is 0 Å². The van der Waals surface area contributed by atoms with E-state index in [1.807, 2.05) is 0 Å². The summed E-state index contributed by atoms with van der Waals surface area (Å²) in [5, 5.41) is 7.62. The van der Waals surface area contributed by atoms with Crippen molar-refractivity contribution in [2.24, 2.45) is 0 Å². The molecular formula is C11H9FN4. The molecule has 4 nitrogen and oxygen atoms in total. The van der Waals surface area contributed by atoms with Gasteiger partial charge < -0.3 is 10.7 Å². The van der Waals surface area contributed by atoms with Crippen molar-refractivity contribution in [3.05, 3.63) is 36.3 Å². The summed E-state index contributed by atoms with van der Waals surface area (Å²) in [7, 11) is 0. The fourth-order valence-corrected chi connectivity index (χ4v) is 1.80. The molecule has 0 aliphatic rings. The highest BCUT2D eigenvalue weighted by Crippen LogP contribution is 2.28. The Morgan fingerprint density at radius 2 is 2.12 bits per heavy atom. The van der Waals surface area contributed by atoms with E-state index in [1.54, 1.807) is 18.3 Å². The second-order valence-electron chi connectivity index (χ2n) is 3.60. The molecule has 1 aromatic carbocycles. The highest BCUT2D eigenvalue weighted by atomic mass is 19.1. The number of fused-ring (bicyclic) bond motifs is 1. The van der Waals surface area contributed by atoms with Crippen LogP contribution in [-0.2, 0) is 0 Å². The second-order valence-corrected chi connectivity index (χ2v) is 3.60. The molecule has 2 aromatic heterocycles. The van der Waals surface area contributed by atoms with Gasteiger partial charge in [-0.05, 0) is 18.2 Å². The second kappa shape index (κ2) is 3.10. The minimum absolute atomic E-state index is 0.259. The molecule has 80 valence electrons. The highest BCUT2D eigenvalue weighted by Gasteiger charge is 2.08. The number of H-pyrrole nitrogens is 2. The first-order valence-corrected chi connectivity index (χ1v) is 4.82. The molecule has 0 atom stereocenters. The lowest BCUT2D eigenvalue weighted by Crippen LogP contribution is -1.81. The monoisotopic (exact) mass is 216 g/mol. The maximum absolute atomic E-state index is 13.0. The van der Waals surface area contributed by atoms with Crippen molar-refractivity contribution in [1.82, 2.24) is 15.2 Å². The first-order valence-electron chi connectivity index (χ1n) is 4.82. The third-order valence-corrected chi connectivity index (χ3v) is 2.53. The smallest absolute Gasteiger partial charge is 0.145 e. The fraction of sp³-hybridized carbons (Fsp3) is 0. The van der Waals surface area contributed by atoms with Gasteiger partial charge in [0.15, 0.2) is 0 Å². The maximum atomic E-state index is 13.0. The van der Waals surface area contributed by atoms with E-state index >= 15 is 0 Å². The molecule has 0 aliphatic carbocycles. The minimum atomic E-state index is -0.259. The van der Waals surface area contributed by atoms with Gasteiger partial charge in [0.1, 0.15) is 11.6 Å². The molecular weight excluding hydrogens is 207 g/mol. The summed E-state index contributed by atoms with van der Waals surface area (Å²) in [6, 6.07) is 6.36. The standard InChI is InChI=1S/C11H9FN4/c12-6-1-2-7-8(5-14-9(7)3-6)10-4-11(13)16-15-10/h1-5,14H,(H3,13,15,16). The zero-order valence-corrected chi connectivity index (χ0v) is 8.29. The van der Waals surface area contributed by atoms with Gasteiger partial charge in [-0.25, -0.2) is 4.39 Å². The van der Waals surface area contributed by atoms with E-state index in [1.165, 1.54) is 12.1 Å². The number of halogens is 1. The van der Waals surface area contributed by atoms with Crippen molar-refractivity contribution in [3.8, 4) is 11.3 Å². The number of anilines is 1. The molecule has 2 heterocycles. The first-order chi connectivity index (χ1) is 7.74. The van der Waals surface area contributed by atoms with Crippen molar-refractivity contribution in [2.45, 2.75) is 0 Å².